The van der Waals surface area contributed by atoms with Crippen molar-refractivity contribution >= 4 is 16.7 Å². The third kappa shape index (κ3) is 3.37. The lowest BCUT2D eigenvalue weighted by Gasteiger charge is -2.33. The molecule has 8 heteroatoms. The van der Waals surface area contributed by atoms with Crippen LogP contribution in [0, 0.1) is 6.92 Å². The maximum absolute atomic E-state index is 13.3. The van der Waals surface area contributed by atoms with Crippen molar-refractivity contribution < 1.29 is 13.2 Å². The summed E-state index contributed by atoms with van der Waals surface area (Å²) in [6.45, 7) is 6.53. The molecule has 1 fully saturated rings. The second-order valence-electron chi connectivity index (χ2n) is 6.96. The van der Waals surface area contributed by atoms with Gasteiger partial charge in [-0.05, 0) is 43.7 Å². The van der Waals surface area contributed by atoms with Crippen LogP contribution in [-0.4, -0.2) is 40.9 Å². The van der Waals surface area contributed by atoms with Gasteiger partial charge >= 0.3 is 6.18 Å². The van der Waals surface area contributed by atoms with E-state index in [0.717, 1.165) is 31.5 Å². The number of H-pyrrole nitrogens is 1. The molecule has 2 N–H and O–H groups in total. The highest BCUT2D eigenvalue weighted by molar-refractivity contribution is 5.95. The summed E-state index contributed by atoms with van der Waals surface area (Å²) in [5, 5.41) is 10.6. The predicted molar refractivity (Wildman–Crippen MR) is 98.7 cm³/mol. The topological polar surface area (TPSA) is 56.8 Å². The minimum Gasteiger partial charge on any atom is -0.354 e. The van der Waals surface area contributed by atoms with Crippen molar-refractivity contribution in [1.82, 2.24) is 20.5 Å². The zero-order valence-corrected chi connectivity index (χ0v) is 15.1. The average molecular weight is 375 g/mol. The largest absolute Gasteiger partial charge is 0.416 e. The highest BCUT2D eigenvalue weighted by atomic mass is 19.4. The Morgan fingerprint density at radius 3 is 2.70 bits per heavy atom. The van der Waals surface area contributed by atoms with Crippen molar-refractivity contribution in [2.45, 2.75) is 26.1 Å². The summed E-state index contributed by atoms with van der Waals surface area (Å²) in [5.41, 5.74) is 1.52. The molecule has 0 aliphatic carbocycles. The predicted octanol–water partition coefficient (Wildman–Crippen LogP) is 3.75. The van der Waals surface area contributed by atoms with E-state index in [4.69, 9.17) is 0 Å². The summed E-state index contributed by atoms with van der Waals surface area (Å²) in [7, 11) is 0. The number of nitrogens with zero attached hydrogens (tertiary/aromatic N) is 3. The van der Waals surface area contributed by atoms with E-state index in [1.165, 1.54) is 6.07 Å². The molecule has 2 aromatic heterocycles. The van der Waals surface area contributed by atoms with Gasteiger partial charge in [-0.1, -0.05) is 0 Å². The zero-order valence-electron chi connectivity index (χ0n) is 15.1. The molecule has 0 spiro atoms. The van der Waals surface area contributed by atoms with Gasteiger partial charge in [-0.15, -0.1) is 0 Å². The zero-order chi connectivity index (χ0) is 19.2. The number of aromatic amines is 1. The molecule has 142 valence electrons. The van der Waals surface area contributed by atoms with Gasteiger partial charge in [-0.2, -0.15) is 18.3 Å². The van der Waals surface area contributed by atoms with Crippen molar-refractivity contribution in [1.29, 1.82) is 0 Å². The number of aryl methyl sites for hydroxylation is 1. The summed E-state index contributed by atoms with van der Waals surface area (Å²) in [6.07, 6.45) is -2.87. The lowest BCUT2D eigenvalue weighted by molar-refractivity contribution is -0.137. The van der Waals surface area contributed by atoms with Crippen molar-refractivity contribution in [3.8, 4) is 11.1 Å². The third-order valence-electron chi connectivity index (χ3n) is 4.94. The number of halogens is 3. The highest BCUT2D eigenvalue weighted by Crippen LogP contribution is 2.37. The van der Waals surface area contributed by atoms with Crippen LogP contribution in [0.4, 0.5) is 19.0 Å². The number of pyridine rings is 1. The fraction of sp³-hybridized carbons (Fsp3) is 0.368. The molecular weight excluding hydrogens is 355 g/mol. The maximum Gasteiger partial charge on any atom is 0.416 e. The molecule has 1 aromatic carbocycles. The van der Waals surface area contributed by atoms with Crippen molar-refractivity contribution in [3.05, 3.63) is 41.7 Å². The Kier molecular flexibility index (Phi) is 4.30. The van der Waals surface area contributed by atoms with Crippen LogP contribution in [0.5, 0.6) is 0 Å². The number of nitrogens with one attached hydrogen (secondary N) is 2. The maximum atomic E-state index is 13.3. The van der Waals surface area contributed by atoms with Crippen molar-refractivity contribution in [2.24, 2.45) is 0 Å². The molecular formula is C19H20F3N5. The van der Waals surface area contributed by atoms with Gasteiger partial charge in [-0.25, -0.2) is 4.98 Å². The Balaban J connectivity index is 1.78. The monoisotopic (exact) mass is 375 g/mol. The van der Waals surface area contributed by atoms with E-state index in [1.807, 2.05) is 19.1 Å². The number of aromatic nitrogens is 3. The first-order valence-electron chi connectivity index (χ1n) is 8.83. The lowest BCUT2D eigenvalue weighted by Crippen LogP contribution is -2.49. The summed E-state index contributed by atoms with van der Waals surface area (Å²) >= 11 is 0. The Morgan fingerprint density at radius 2 is 2.00 bits per heavy atom. The van der Waals surface area contributed by atoms with E-state index in [0.29, 0.717) is 33.8 Å². The molecule has 0 bridgehead atoms. The van der Waals surface area contributed by atoms with E-state index in [9.17, 15) is 13.2 Å². The molecule has 5 nitrogen and oxygen atoms in total. The van der Waals surface area contributed by atoms with Crippen LogP contribution in [0.3, 0.4) is 0 Å². The number of benzene rings is 1. The first-order valence-corrected chi connectivity index (χ1v) is 8.83. The molecule has 0 saturated carbocycles. The van der Waals surface area contributed by atoms with Gasteiger partial charge in [0.15, 0.2) is 0 Å². The van der Waals surface area contributed by atoms with Gasteiger partial charge in [0.25, 0.3) is 0 Å². The molecule has 0 unspecified atom stereocenters. The molecule has 1 atom stereocenters. The summed E-state index contributed by atoms with van der Waals surface area (Å²) in [5.74, 6) is 0.847. The van der Waals surface area contributed by atoms with Gasteiger partial charge in [-0.3, -0.25) is 5.10 Å². The normalized spacial score (nSPS) is 18.3. The number of hydrogen-bond donors (Lipinski definition) is 2. The number of rotatable bonds is 2. The first-order chi connectivity index (χ1) is 12.8. The van der Waals surface area contributed by atoms with Crippen LogP contribution in [0.1, 0.15) is 18.2 Å². The van der Waals surface area contributed by atoms with E-state index >= 15 is 0 Å². The van der Waals surface area contributed by atoms with Crippen LogP contribution in [0.25, 0.3) is 22.0 Å². The smallest absolute Gasteiger partial charge is 0.354 e. The number of alkyl halides is 3. The quantitative estimate of drug-likeness (QED) is 0.716. The second kappa shape index (κ2) is 6.53. The lowest BCUT2D eigenvalue weighted by atomic mass is 9.98. The van der Waals surface area contributed by atoms with Gasteiger partial charge in [0.2, 0.25) is 0 Å². The molecule has 27 heavy (non-hydrogen) atoms. The fourth-order valence-corrected chi connectivity index (χ4v) is 3.59. The minimum absolute atomic E-state index is 0.360. The van der Waals surface area contributed by atoms with Crippen LogP contribution in [-0.2, 0) is 6.18 Å². The molecule has 0 amide bonds. The van der Waals surface area contributed by atoms with Gasteiger partial charge in [0.05, 0.1) is 17.3 Å². The highest BCUT2D eigenvalue weighted by Gasteiger charge is 2.32. The SMILES string of the molecule is Cc1nc(N2CCN[C@H](C)C2)ccc1-c1cc(C(F)(F)F)cc2[nH]ncc12. The summed E-state index contributed by atoms with van der Waals surface area (Å²) in [6, 6.07) is 6.37. The summed E-state index contributed by atoms with van der Waals surface area (Å²) in [4.78, 5) is 6.87. The average Bonchev–Trinajstić information content (AvgIpc) is 3.09. The van der Waals surface area contributed by atoms with Gasteiger partial charge < -0.3 is 10.2 Å². The second-order valence-corrected chi connectivity index (χ2v) is 6.96. The Bertz CT molecular complexity index is 979. The Morgan fingerprint density at radius 1 is 1.19 bits per heavy atom. The molecule has 1 aliphatic heterocycles. The molecule has 0 radical (unpaired) electrons. The Labute approximate surface area is 154 Å². The fourth-order valence-electron chi connectivity index (χ4n) is 3.59. The number of anilines is 1. The van der Waals surface area contributed by atoms with E-state index in [2.05, 4.69) is 32.3 Å². The van der Waals surface area contributed by atoms with E-state index in [-0.39, 0.29) is 0 Å². The van der Waals surface area contributed by atoms with Crippen LogP contribution in [0.2, 0.25) is 0 Å². The van der Waals surface area contributed by atoms with Crippen LogP contribution in [0.15, 0.2) is 30.5 Å². The number of piperazine rings is 1. The minimum atomic E-state index is -4.42. The van der Waals surface area contributed by atoms with E-state index in [1.54, 1.807) is 6.20 Å². The molecule has 3 aromatic rings. The number of hydrogen-bond acceptors (Lipinski definition) is 4. The molecule has 1 saturated heterocycles. The van der Waals surface area contributed by atoms with E-state index < -0.39 is 11.7 Å². The van der Waals surface area contributed by atoms with Gasteiger partial charge in [0, 0.05) is 42.3 Å². The Hall–Kier alpha value is -2.61. The first kappa shape index (κ1) is 17.8. The third-order valence-corrected chi connectivity index (χ3v) is 4.94. The van der Waals surface area contributed by atoms with Crippen LogP contribution >= 0.6 is 0 Å². The summed E-state index contributed by atoms with van der Waals surface area (Å²) < 4.78 is 39.9. The number of fused-ring (bicyclic) bond motifs is 1. The molecule has 3 heterocycles. The molecule has 4 rings (SSSR count). The van der Waals surface area contributed by atoms with Crippen LogP contribution < -0.4 is 10.2 Å². The standard InChI is InChI=1S/C19H20F3N5/c1-11-10-27(6-5-23-11)18-4-3-14(12(2)25-18)15-7-13(19(20,21)22)8-17-16(15)9-24-26-17/h3-4,7-9,11,23H,5-6,10H2,1-2H3,(H,24,26)/t11-/m1/s1. The van der Waals surface area contributed by atoms with Crippen molar-refractivity contribution in [3.63, 3.8) is 0 Å². The molecule has 1 aliphatic rings. The van der Waals surface area contributed by atoms with Gasteiger partial charge in [0.1, 0.15) is 5.82 Å². The van der Waals surface area contributed by atoms with Crippen molar-refractivity contribution in [2.75, 3.05) is 24.5 Å².